The van der Waals surface area contributed by atoms with E-state index in [1.165, 1.54) is 0 Å². The van der Waals surface area contributed by atoms with Crippen molar-refractivity contribution >= 4 is 22.6 Å². The van der Waals surface area contributed by atoms with Gasteiger partial charge in [0.1, 0.15) is 6.61 Å². The number of piperidine rings is 1. The van der Waals surface area contributed by atoms with Crippen LogP contribution in [0.5, 0.6) is 0 Å². The summed E-state index contributed by atoms with van der Waals surface area (Å²) in [4.78, 5) is 32.3. The molecule has 3 heterocycles. The maximum Gasteiger partial charge on any atom is 0.410 e. The van der Waals surface area contributed by atoms with Crippen molar-refractivity contribution in [3.63, 3.8) is 0 Å². The Labute approximate surface area is 180 Å². The molecule has 1 aromatic heterocycles. The number of pyridine rings is 1. The van der Waals surface area contributed by atoms with E-state index in [2.05, 4.69) is 4.98 Å². The van der Waals surface area contributed by atoms with Crippen LogP contribution in [-0.4, -0.2) is 47.1 Å². The lowest BCUT2D eigenvalue weighted by atomic mass is 9.80. The van der Waals surface area contributed by atoms with Crippen LogP contribution in [0.1, 0.15) is 28.8 Å². The number of morpholine rings is 1. The molecule has 2 fully saturated rings. The maximum absolute atomic E-state index is 13.4. The summed E-state index contributed by atoms with van der Waals surface area (Å²) >= 11 is 0. The summed E-state index contributed by atoms with van der Waals surface area (Å²) in [5.41, 5.74) is 1.60. The van der Waals surface area contributed by atoms with Crippen molar-refractivity contribution in [2.24, 2.45) is 5.92 Å². The van der Waals surface area contributed by atoms with Crippen molar-refractivity contribution < 1.29 is 19.1 Å². The molecule has 2 aliphatic heterocycles. The highest BCUT2D eigenvalue weighted by atomic mass is 16.6. The van der Waals surface area contributed by atoms with Crippen LogP contribution in [0, 0.1) is 5.92 Å². The molecule has 0 spiro atoms. The van der Waals surface area contributed by atoms with Crippen LogP contribution in [-0.2, 0) is 16.1 Å². The molecule has 0 aliphatic carbocycles. The zero-order chi connectivity index (χ0) is 21.2. The number of benzene rings is 2. The molecule has 2 saturated heterocycles. The third kappa shape index (κ3) is 3.91. The van der Waals surface area contributed by atoms with Crippen molar-refractivity contribution in [3.8, 4) is 0 Å². The molecule has 3 aromatic rings. The highest BCUT2D eigenvalue weighted by molar-refractivity contribution is 6.08. The Morgan fingerprint density at radius 1 is 0.968 bits per heavy atom. The third-order valence-electron chi connectivity index (χ3n) is 6.24. The lowest BCUT2D eigenvalue weighted by Crippen LogP contribution is -2.59. The van der Waals surface area contributed by atoms with E-state index in [0.29, 0.717) is 31.6 Å². The minimum absolute atomic E-state index is 0.0958. The fourth-order valence-electron chi connectivity index (χ4n) is 4.75. The average molecular weight is 416 g/mol. The summed E-state index contributed by atoms with van der Waals surface area (Å²) < 4.78 is 11.3. The fourth-order valence-corrected chi connectivity index (χ4v) is 4.75. The van der Waals surface area contributed by atoms with Gasteiger partial charge in [-0.2, -0.15) is 0 Å². The molecule has 6 heteroatoms. The number of ether oxygens (including phenoxy) is 2. The van der Waals surface area contributed by atoms with Gasteiger partial charge in [0.05, 0.1) is 25.3 Å². The molecule has 158 valence electrons. The number of aromatic nitrogens is 1. The summed E-state index contributed by atoms with van der Waals surface area (Å²) in [6.45, 7) is 1.09. The van der Waals surface area contributed by atoms with Crippen LogP contribution in [0.2, 0.25) is 0 Å². The quantitative estimate of drug-likeness (QED) is 0.595. The maximum atomic E-state index is 13.4. The van der Waals surface area contributed by atoms with Crippen molar-refractivity contribution in [2.75, 3.05) is 13.2 Å². The van der Waals surface area contributed by atoms with Gasteiger partial charge in [-0.15, -0.1) is 0 Å². The van der Waals surface area contributed by atoms with Crippen LogP contribution in [0.3, 0.4) is 0 Å². The highest BCUT2D eigenvalue weighted by Gasteiger charge is 2.44. The molecule has 31 heavy (non-hydrogen) atoms. The van der Waals surface area contributed by atoms with Crippen molar-refractivity contribution in [1.82, 2.24) is 9.88 Å². The van der Waals surface area contributed by atoms with Gasteiger partial charge in [-0.05, 0) is 23.8 Å². The van der Waals surface area contributed by atoms with Gasteiger partial charge >= 0.3 is 6.09 Å². The number of carbonyl (C=O) groups is 2. The Bertz CT molecular complexity index is 1080. The molecular formula is C25H24N2O4. The Balaban J connectivity index is 1.31. The average Bonchev–Trinajstić information content (AvgIpc) is 2.81. The summed E-state index contributed by atoms with van der Waals surface area (Å²) in [5, 5.41) is 1.88. The number of fused-ring (bicyclic) bond motifs is 3. The number of rotatable bonds is 4. The van der Waals surface area contributed by atoms with Gasteiger partial charge in [0.2, 0.25) is 0 Å². The molecule has 2 atom stereocenters. The highest BCUT2D eigenvalue weighted by Crippen LogP contribution is 2.35. The van der Waals surface area contributed by atoms with Crippen molar-refractivity contribution in [3.05, 3.63) is 78.1 Å². The van der Waals surface area contributed by atoms with E-state index in [9.17, 15) is 9.59 Å². The molecule has 1 amide bonds. The van der Waals surface area contributed by atoms with E-state index in [-0.39, 0.29) is 36.5 Å². The van der Waals surface area contributed by atoms with Gasteiger partial charge in [0.25, 0.3) is 0 Å². The molecule has 2 aromatic carbocycles. The molecule has 0 saturated carbocycles. The molecule has 6 nitrogen and oxygen atoms in total. The van der Waals surface area contributed by atoms with Crippen molar-refractivity contribution in [1.29, 1.82) is 0 Å². The van der Waals surface area contributed by atoms with Gasteiger partial charge in [-0.1, -0.05) is 54.6 Å². The monoisotopic (exact) mass is 416 g/mol. The zero-order valence-electron chi connectivity index (χ0n) is 17.1. The minimum atomic E-state index is -0.333. The normalized spacial score (nSPS) is 22.8. The van der Waals surface area contributed by atoms with Crippen LogP contribution in [0.15, 0.2) is 67.0 Å². The van der Waals surface area contributed by atoms with E-state index in [4.69, 9.17) is 9.47 Å². The van der Waals surface area contributed by atoms with E-state index < -0.39 is 0 Å². The molecular weight excluding hydrogens is 392 g/mol. The number of Topliss-reactive ketones (excluding diaryl/α,β-unsaturated/α-hetero) is 1. The molecule has 5 rings (SSSR count). The molecule has 0 radical (unpaired) electrons. The summed E-state index contributed by atoms with van der Waals surface area (Å²) in [7, 11) is 0. The van der Waals surface area contributed by atoms with Gasteiger partial charge in [-0.3, -0.25) is 14.7 Å². The number of hydrogen-bond acceptors (Lipinski definition) is 5. The molecule has 2 aliphatic rings. The second kappa shape index (κ2) is 8.47. The summed E-state index contributed by atoms with van der Waals surface area (Å²) in [5.74, 6) is -0.0665. The Morgan fingerprint density at radius 3 is 2.45 bits per heavy atom. The van der Waals surface area contributed by atoms with Crippen molar-refractivity contribution in [2.45, 2.75) is 31.5 Å². The van der Waals surface area contributed by atoms with E-state index >= 15 is 0 Å². The second-order valence-corrected chi connectivity index (χ2v) is 8.23. The molecule has 2 unspecified atom stereocenters. The second-order valence-electron chi connectivity index (χ2n) is 8.23. The fraction of sp³-hybridized carbons (Fsp3) is 0.320. The number of carbonyl (C=O) groups excluding carboxylic acids is 2. The van der Waals surface area contributed by atoms with Crippen LogP contribution in [0.4, 0.5) is 4.79 Å². The lowest BCUT2D eigenvalue weighted by Gasteiger charge is -2.47. The Hall–Kier alpha value is -3.25. The molecule has 2 bridgehead atoms. The first-order chi connectivity index (χ1) is 15.2. The molecule has 0 N–H and O–H groups in total. The first-order valence-electron chi connectivity index (χ1n) is 10.6. The summed E-state index contributed by atoms with van der Waals surface area (Å²) in [6, 6.07) is 17.1. The number of hydrogen-bond donors (Lipinski definition) is 0. The zero-order valence-corrected chi connectivity index (χ0v) is 17.1. The van der Waals surface area contributed by atoms with Crippen LogP contribution >= 0.6 is 0 Å². The van der Waals surface area contributed by atoms with Gasteiger partial charge in [-0.25, -0.2) is 4.79 Å². The Kier molecular flexibility index (Phi) is 5.38. The SMILES string of the molecule is O=C(c1cncc2ccccc12)C1CC2COCC(C1)N2C(=O)OCc1ccccc1. The minimum Gasteiger partial charge on any atom is -0.445 e. The van der Waals surface area contributed by atoms with Crippen LogP contribution < -0.4 is 0 Å². The predicted molar refractivity (Wildman–Crippen MR) is 116 cm³/mol. The van der Waals surface area contributed by atoms with E-state index in [1.807, 2.05) is 54.6 Å². The number of ketones is 1. The summed E-state index contributed by atoms with van der Waals surface area (Å²) in [6.07, 6.45) is 4.25. The number of amides is 1. The number of nitrogens with zero attached hydrogens (tertiary/aromatic N) is 2. The largest absolute Gasteiger partial charge is 0.445 e. The van der Waals surface area contributed by atoms with E-state index in [1.54, 1.807) is 17.3 Å². The topological polar surface area (TPSA) is 68.7 Å². The van der Waals surface area contributed by atoms with Gasteiger partial charge < -0.3 is 9.47 Å². The van der Waals surface area contributed by atoms with Gasteiger partial charge in [0.15, 0.2) is 5.78 Å². The third-order valence-corrected chi connectivity index (χ3v) is 6.24. The lowest BCUT2D eigenvalue weighted by molar-refractivity contribution is -0.0755. The van der Waals surface area contributed by atoms with E-state index in [0.717, 1.165) is 16.3 Å². The standard InChI is InChI=1S/C25H24N2O4/c28-24(23-13-26-12-18-8-4-5-9-22(18)23)19-10-20-15-30-16-21(11-19)27(20)25(29)31-14-17-6-2-1-3-7-17/h1-9,12-13,19-21H,10-11,14-16H2. The Morgan fingerprint density at radius 2 is 1.68 bits per heavy atom. The van der Waals surface area contributed by atoms with Crippen LogP contribution in [0.25, 0.3) is 10.8 Å². The predicted octanol–water partition coefficient (Wildman–Crippen LogP) is 4.23. The first kappa shape index (κ1) is 19.7. The smallest absolute Gasteiger partial charge is 0.410 e. The first-order valence-corrected chi connectivity index (χ1v) is 10.6. The van der Waals surface area contributed by atoms with Gasteiger partial charge in [0, 0.05) is 29.3 Å².